The van der Waals surface area contributed by atoms with Crippen LogP contribution in [0.3, 0.4) is 0 Å². The first kappa shape index (κ1) is 15.7. The highest BCUT2D eigenvalue weighted by Crippen LogP contribution is 2.10. The lowest BCUT2D eigenvalue weighted by Crippen LogP contribution is -2.29. The van der Waals surface area contributed by atoms with Crippen LogP contribution in [0.5, 0.6) is 0 Å². The Morgan fingerprint density at radius 1 is 1.14 bits per heavy atom. The van der Waals surface area contributed by atoms with E-state index in [0.29, 0.717) is 12.8 Å². The molecule has 0 spiro atoms. The summed E-state index contributed by atoms with van der Waals surface area (Å²) in [5.41, 5.74) is 1.13. The minimum Gasteiger partial charge on any atom is -0.355 e. The first-order valence-electron chi connectivity index (χ1n) is 6.63. The van der Waals surface area contributed by atoms with Crippen LogP contribution in [-0.2, 0) is 21.1 Å². The summed E-state index contributed by atoms with van der Waals surface area (Å²) in [6.07, 6.45) is 1.06. The zero-order valence-corrected chi connectivity index (χ0v) is 13.1. The van der Waals surface area contributed by atoms with Crippen molar-refractivity contribution >= 4 is 27.1 Å². The minimum absolute atomic E-state index is 0.0821. The van der Waals surface area contributed by atoms with Crippen molar-refractivity contribution in [1.29, 1.82) is 0 Å². The van der Waals surface area contributed by atoms with Gasteiger partial charge in [0.15, 0.2) is 9.84 Å². The summed E-state index contributed by atoms with van der Waals surface area (Å²) in [6.45, 7) is 0.139. The molecule has 6 heteroatoms. The largest absolute Gasteiger partial charge is 0.355 e. The first-order valence-corrected chi connectivity index (χ1v) is 9.23. The number of nitrogens with one attached hydrogen (secondary N) is 1. The summed E-state index contributed by atoms with van der Waals surface area (Å²) in [6, 6.07) is 10.3. The number of rotatable bonds is 7. The van der Waals surface area contributed by atoms with Gasteiger partial charge in [-0.2, -0.15) is 11.3 Å². The number of carbonyl (C=O) groups excluding carboxylic acids is 1. The Morgan fingerprint density at radius 3 is 2.57 bits per heavy atom. The zero-order chi connectivity index (χ0) is 15.1. The number of hydrogen-bond donors (Lipinski definition) is 1. The van der Waals surface area contributed by atoms with Crippen molar-refractivity contribution < 1.29 is 13.2 Å². The Morgan fingerprint density at radius 2 is 1.90 bits per heavy atom. The third kappa shape index (κ3) is 4.99. The van der Waals surface area contributed by atoms with E-state index in [1.165, 1.54) is 0 Å². The van der Waals surface area contributed by atoms with Crippen LogP contribution in [0, 0.1) is 0 Å². The summed E-state index contributed by atoms with van der Waals surface area (Å²) in [5, 5.41) is 6.64. The molecule has 1 N–H and O–H groups in total. The lowest BCUT2D eigenvalue weighted by Gasteiger charge is -2.06. The highest BCUT2D eigenvalue weighted by atomic mass is 32.2. The Bertz CT molecular complexity index is 664. The topological polar surface area (TPSA) is 63.2 Å². The number of sulfone groups is 1. The molecule has 0 saturated carbocycles. The first-order chi connectivity index (χ1) is 10.1. The van der Waals surface area contributed by atoms with Crippen LogP contribution in [0.4, 0.5) is 0 Å². The molecule has 2 aromatic rings. The molecule has 0 radical (unpaired) electrons. The van der Waals surface area contributed by atoms with Crippen molar-refractivity contribution in [3.8, 4) is 0 Å². The fourth-order valence-corrected chi connectivity index (χ4v) is 3.73. The van der Waals surface area contributed by atoms with Crippen molar-refractivity contribution in [3.63, 3.8) is 0 Å². The van der Waals surface area contributed by atoms with Crippen LogP contribution in [0.25, 0.3) is 0 Å². The quantitative estimate of drug-likeness (QED) is 0.850. The molecule has 0 saturated heterocycles. The van der Waals surface area contributed by atoms with Gasteiger partial charge >= 0.3 is 0 Å². The second-order valence-electron chi connectivity index (χ2n) is 4.61. The summed E-state index contributed by atoms with van der Waals surface area (Å²) in [5.74, 6) is -0.203. The molecule has 1 heterocycles. The molecule has 1 aromatic carbocycles. The van der Waals surface area contributed by atoms with E-state index in [-0.39, 0.29) is 23.1 Å². The van der Waals surface area contributed by atoms with Gasteiger partial charge in [0, 0.05) is 13.0 Å². The van der Waals surface area contributed by atoms with Crippen molar-refractivity contribution in [3.05, 3.63) is 52.7 Å². The predicted molar refractivity (Wildman–Crippen MR) is 84.1 cm³/mol. The summed E-state index contributed by atoms with van der Waals surface area (Å²) in [7, 11) is -3.33. The van der Waals surface area contributed by atoms with Gasteiger partial charge in [-0.25, -0.2) is 8.42 Å². The highest BCUT2D eigenvalue weighted by Gasteiger charge is 2.13. The molecule has 0 aliphatic rings. The van der Waals surface area contributed by atoms with Crippen LogP contribution >= 0.6 is 11.3 Å². The van der Waals surface area contributed by atoms with Gasteiger partial charge in [0.05, 0.1) is 10.6 Å². The maximum atomic E-state index is 12.0. The van der Waals surface area contributed by atoms with E-state index < -0.39 is 9.84 Å². The van der Waals surface area contributed by atoms with Gasteiger partial charge in [-0.3, -0.25) is 4.79 Å². The number of hydrogen-bond acceptors (Lipinski definition) is 4. The summed E-state index contributed by atoms with van der Waals surface area (Å²) in [4.78, 5) is 11.9. The Hall–Kier alpha value is -1.66. The van der Waals surface area contributed by atoms with Crippen molar-refractivity contribution in [2.45, 2.75) is 17.7 Å². The third-order valence-corrected chi connectivity index (χ3v) is 5.48. The van der Waals surface area contributed by atoms with Gasteiger partial charge < -0.3 is 5.32 Å². The van der Waals surface area contributed by atoms with E-state index in [1.54, 1.807) is 41.7 Å². The monoisotopic (exact) mass is 323 g/mol. The van der Waals surface area contributed by atoms with Crippen LogP contribution in [0.2, 0.25) is 0 Å². The van der Waals surface area contributed by atoms with E-state index in [0.717, 1.165) is 5.56 Å². The SMILES string of the molecule is O=C(CCc1ccsc1)NCCS(=O)(=O)c1ccccc1. The normalized spacial score (nSPS) is 11.2. The van der Waals surface area contributed by atoms with Gasteiger partial charge in [-0.05, 0) is 40.9 Å². The molecule has 1 aromatic heterocycles. The predicted octanol–water partition coefficient (Wildman–Crippen LogP) is 2.27. The molecule has 21 heavy (non-hydrogen) atoms. The van der Waals surface area contributed by atoms with Gasteiger partial charge in [0.1, 0.15) is 0 Å². The fraction of sp³-hybridized carbons (Fsp3) is 0.267. The number of benzene rings is 1. The summed E-state index contributed by atoms with van der Waals surface area (Å²) >= 11 is 1.60. The fourth-order valence-electron chi connectivity index (χ4n) is 1.85. The van der Waals surface area contributed by atoms with Crippen molar-refractivity contribution in [1.82, 2.24) is 5.32 Å². The standard InChI is InChI=1S/C15H17NO3S2/c17-15(7-6-13-8-10-20-12-13)16-9-11-21(18,19)14-4-2-1-3-5-14/h1-5,8,10,12H,6-7,9,11H2,(H,16,17). The van der Waals surface area contributed by atoms with Crippen molar-refractivity contribution in [2.24, 2.45) is 0 Å². The van der Waals surface area contributed by atoms with Gasteiger partial charge in [-0.15, -0.1) is 0 Å². The van der Waals surface area contributed by atoms with E-state index in [4.69, 9.17) is 0 Å². The van der Waals surface area contributed by atoms with E-state index in [2.05, 4.69) is 5.32 Å². The van der Waals surface area contributed by atoms with Crippen LogP contribution < -0.4 is 5.32 Å². The minimum atomic E-state index is -3.33. The average Bonchev–Trinajstić information content (AvgIpc) is 2.99. The summed E-state index contributed by atoms with van der Waals surface area (Å²) < 4.78 is 24.0. The third-order valence-electron chi connectivity index (χ3n) is 3.02. The molecule has 0 unspecified atom stereocenters. The van der Waals surface area contributed by atoms with Crippen LogP contribution in [0.1, 0.15) is 12.0 Å². The molecule has 0 bridgehead atoms. The van der Waals surface area contributed by atoms with E-state index >= 15 is 0 Å². The zero-order valence-electron chi connectivity index (χ0n) is 11.5. The van der Waals surface area contributed by atoms with Gasteiger partial charge in [-0.1, -0.05) is 18.2 Å². The maximum Gasteiger partial charge on any atom is 0.220 e. The molecule has 0 aliphatic heterocycles. The van der Waals surface area contributed by atoms with Crippen LogP contribution in [-0.4, -0.2) is 26.6 Å². The molecule has 4 nitrogen and oxygen atoms in total. The molecule has 0 fully saturated rings. The number of amides is 1. The van der Waals surface area contributed by atoms with Crippen LogP contribution in [0.15, 0.2) is 52.1 Å². The van der Waals surface area contributed by atoms with Gasteiger partial charge in [0.25, 0.3) is 0 Å². The maximum absolute atomic E-state index is 12.0. The lowest BCUT2D eigenvalue weighted by molar-refractivity contribution is -0.120. The second-order valence-corrected chi connectivity index (χ2v) is 7.50. The Labute approximate surface area is 128 Å². The molecular weight excluding hydrogens is 306 g/mol. The molecule has 0 aliphatic carbocycles. The molecule has 1 amide bonds. The second kappa shape index (κ2) is 7.38. The molecule has 2 rings (SSSR count). The molecule has 112 valence electrons. The number of aryl methyl sites for hydroxylation is 1. The Balaban J connectivity index is 1.75. The van der Waals surface area contributed by atoms with E-state index in [9.17, 15) is 13.2 Å². The Kier molecular flexibility index (Phi) is 5.52. The van der Waals surface area contributed by atoms with Gasteiger partial charge in [0.2, 0.25) is 5.91 Å². The smallest absolute Gasteiger partial charge is 0.220 e. The van der Waals surface area contributed by atoms with E-state index in [1.807, 2.05) is 16.8 Å². The average molecular weight is 323 g/mol. The number of carbonyl (C=O) groups is 1. The lowest BCUT2D eigenvalue weighted by atomic mass is 10.2. The molecular formula is C15H17NO3S2. The molecule has 0 atom stereocenters. The van der Waals surface area contributed by atoms with Crippen molar-refractivity contribution in [2.75, 3.05) is 12.3 Å². The highest BCUT2D eigenvalue weighted by molar-refractivity contribution is 7.91. The number of thiophene rings is 1.